The number of aryl methyl sites for hydroxylation is 1. The van der Waals surface area contributed by atoms with Crippen molar-refractivity contribution in [2.24, 2.45) is 0 Å². The molecule has 1 aliphatic rings. The lowest BCUT2D eigenvalue weighted by molar-refractivity contribution is 0.00578. The summed E-state index contributed by atoms with van der Waals surface area (Å²) in [6, 6.07) is 29.4. The van der Waals surface area contributed by atoms with Crippen molar-refractivity contribution >= 4 is 34.3 Å². The van der Waals surface area contributed by atoms with Gasteiger partial charge in [0.25, 0.3) is 0 Å². The van der Waals surface area contributed by atoms with Gasteiger partial charge in [-0.1, -0.05) is 78.4 Å². The van der Waals surface area contributed by atoms with Gasteiger partial charge < -0.3 is 9.31 Å². The van der Waals surface area contributed by atoms with E-state index in [1.807, 2.05) is 12.1 Å². The topological polar surface area (TPSA) is 44.2 Å². The number of nitrogens with zero attached hydrogens (tertiary/aromatic N) is 2. The first-order valence-corrected chi connectivity index (χ1v) is 12.4. The van der Waals surface area contributed by atoms with Crippen LogP contribution in [-0.4, -0.2) is 28.3 Å². The Hall–Kier alpha value is -3.54. The molecule has 2 heterocycles. The molecule has 4 aromatic carbocycles. The molecule has 1 aliphatic heterocycles. The molecule has 0 saturated carbocycles. The second kappa shape index (κ2) is 8.26. The van der Waals surface area contributed by atoms with Crippen LogP contribution in [0.3, 0.4) is 0 Å². The molecule has 36 heavy (non-hydrogen) atoms. The lowest BCUT2D eigenvalue weighted by Crippen LogP contribution is -2.41. The highest BCUT2D eigenvalue weighted by Gasteiger charge is 2.51. The maximum absolute atomic E-state index is 6.34. The van der Waals surface area contributed by atoms with Gasteiger partial charge in [0.05, 0.1) is 22.4 Å². The molecule has 1 saturated heterocycles. The molecule has 1 aromatic heterocycles. The zero-order chi connectivity index (χ0) is 25.1. The van der Waals surface area contributed by atoms with Crippen LogP contribution in [0.5, 0.6) is 0 Å². The van der Waals surface area contributed by atoms with E-state index in [1.165, 1.54) is 10.8 Å². The highest BCUT2D eigenvalue weighted by Crippen LogP contribution is 2.37. The predicted molar refractivity (Wildman–Crippen MR) is 148 cm³/mol. The summed E-state index contributed by atoms with van der Waals surface area (Å²) >= 11 is 0. The van der Waals surface area contributed by atoms with E-state index in [1.54, 1.807) is 0 Å². The SMILES string of the molecule is Cc1cc(B2OC(C)(C)C(C)(C)O2)cc(-c2nc(-c3cccc4ccccc34)c3ccccc3n2)c1. The number of fused-ring (bicyclic) bond motifs is 2. The van der Waals surface area contributed by atoms with Gasteiger partial charge in [0, 0.05) is 16.5 Å². The highest BCUT2D eigenvalue weighted by molar-refractivity contribution is 6.62. The maximum atomic E-state index is 6.34. The number of hydrogen-bond donors (Lipinski definition) is 0. The standard InChI is InChI=1S/C31H29BN2O2/c1-20-17-22(19-23(18-20)32-35-30(2,3)31(4,5)36-32)29-33-27-16-9-8-14-26(27)28(34-29)25-15-10-12-21-11-6-7-13-24(21)25/h6-19H,1-5H3. The Morgan fingerprint density at radius 3 is 2.14 bits per heavy atom. The summed E-state index contributed by atoms with van der Waals surface area (Å²) in [6.07, 6.45) is 0. The number of aromatic nitrogens is 2. The minimum absolute atomic E-state index is 0.400. The second-order valence-corrected chi connectivity index (χ2v) is 10.7. The molecule has 1 fully saturated rings. The minimum Gasteiger partial charge on any atom is -0.399 e. The molecule has 0 radical (unpaired) electrons. The molecule has 0 aliphatic carbocycles. The van der Waals surface area contributed by atoms with E-state index in [0.717, 1.165) is 38.8 Å². The molecule has 0 amide bonds. The van der Waals surface area contributed by atoms with Crippen LogP contribution < -0.4 is 5.46 Å². The fourth-order valence-electron chi connectivity index (χ4n) is 4.90. The van der Waals surface area contributed by atoms with Gasteiger partial charge in [-0.05, 0) is 63.0 Å². The Morgan fingerprint density at radius 1 is 0.694 bits per heavy atom. The van der Waals surface area contributed by atoms with Gasteiger partial charge in [-0.2, -0.15) is 0 Å². The first-order chi connectivity index (χ1) is 17.2. The number of hydrogen-bond acceptors (Lipinski definition) is 4. The quantitative estimate of drug-likeness (QED) is 0.273. The van der Waals surface area contributed by atoms with Crippen LogP contribution in [0.2, 0.25) is 0 Å². The smallest absolute Gasteiger partial charge is 0.399 e. The number of para-hydroxylation sites is 1. The van der Waals surface area contributed by atoms with E-state index in [2.05, 4.69) is 107 Å². The van der Waals surface area contributed by atoms with Crippen molar-refractivity contribution in [3.8, 4) is 22.6 Å². The maximum Gasteiger partial charge on any atom is 0.494 e. The van der Waals surface area contributed by atoms with E-state index >= 15 is 0 Å². The Kier molecular flexibility index (Phi) is 5.25. The van der Waals surface area contributed by atoms with Crippen molar-refractivity contribution in [1.82, 2.24) is 9.97 Å². The van der Waals surface area contributed by atoms with Gasteiger partial charge >= 0.3 is 7.12 Å². The first kappa shape index (κ1) is 22.9. The Balaban J connectivity index is 1.53. The number of rotatable bonds is 3. The highest BCUT2D eigenvalue weighted by atomic mass is 16.7. The fraction of sp³-hybridized carbons (Fsp3) is 0.226. The summed E-state index contributed by atoms with van der Waals surface area (Å²) in [6.45, 7) is 10.4. The molecule has 4 nitrogen and oxygen atoms in total. The molecule has 5 heteroatoms. The predicted octanol–water partition coefficient (Wildman–Crippen LogP) is 6.72. The average molecular weight is 472 g/mol. The average Bonchev–Trinajstić information content (AvgIpc) is 3.09. The molecule has 0 unspecified atom stereocenters. The Labute approximate surface area is 212 Å². The van der Waals surface area contributed by atoms with Gasteiger partial charge in [0.2, 0.25) is 0 Å². The molecule has 6 rings (SSSR count). The fourth-order valence-corrected chi connectivity index (χ4v) is 4.90. The van der Waals surface area contributed by atoms with Gasteiger partial charge in [-0.3, -0.25) is 0 Å². The summed E-state index contributed by atoms with van der Waals surface area (Å²) in [5.41, 5.74) is 5.20. The summed E-state index contributed by atoms with van der Waals surface area (Å²) in [4.78, 5) is 10.1. The van der Waals surface area contributed by atoms with Crippen molar-refractivity contribution in [2.45, 2.75) is 45.8 Å². The molecule has 178 valence electrons. The van der Waals surface area contributed by atoms with Crippen LogP contribution >= 0.6 is 0 Å². The lowest BCUT2D eigenvalue weighted by Gasteiger charge is -2.32. The lowest BCUT2D eigenvalue weighted by atomic mass is 9.77. The van der Waals surface area contributed by atoms with Gasteiger partial charge in [0.1, 0.15) is 0 Å². The molecule has 5 aromatic rings. The molecule has 0 N–H and O–H groups in total. The van der Waals surface area contributed by atoms with Crippen LogP contribution in [0.15, 0.2) is 84.9 Å². The molecular formula is C31H29BN2O2. The van der Waals surface area contributed by atoms with Crippen LogP contribution in [0.1, 0.15) is 33.3 Å². The summed E-state index contributed by atoms with van der Waals surface area (Å²) in [7, 11) is -0.438. The van der Waals surface area contributed by atoms with E-state index in [4.69, 9.17) is 19.3 Å². The summed E-state index contributed by atoms with van der Waals surface area (Å²) in [5.74, 6) is 0.693. The van der Waals surface area contributed by atoms with E-state index < -0.39 is 18.3 Å². The molecule has 0 spiro atoms. The number of benzene rings is 4. The molecular weight excluding hydrogens is 443 g/mol. The van der Waals surface area contributed by atoms with Crippen molar-refractivity contribution in [1.29, 1.82) is 0 Å². The Bertz CT molecular complexity index is 1610. The largest absolute Gasteiger partial charge is 0.494 e. The van der Waals surface area contributed by atoms with E-state index in [-0.39, 0.29) is 0 Å². The third kappa shape index (κ3) is 3.80. The third-order valence-corrected chi connectivity index (χ3v) is 7.53. The van der Waals surface area contributed by atoms with E-state index in [0.29, 0.717) is 5.82 Å². The van der Waals surface area contributed by atoms with Crippen molar-refractivity contribution in [3.05, 3.63) is 90.5 Å². The van der Waals surface area contributed by atoms with Crippen LogP contribution in [0.4, 0.5) is 0 Å². The summed E-state index contributed by atoms with van der Waals surface area (Å²) in [5, 5.41) is 3.41. The second-order valence-electron chi connectivity index (χ2n) is 10.7. The minimum atomic E-state index is -0.438. The zero-order valence-electron chi connectivity index (χ0n) is 21.4. The van der Waals surface area contributed by atoms with E-state index in [9.17, 15) is 0 Å². The van der Waals surface area contributed by atoms with Crippen molar-refractivity contribution in [3.63, 3.8) is 0 Å². The molecule has 0 bridgehead atoms. The van der Waals surface area contributed by atoms with Gasteiger partial charge in [-0.25, -0.2) is 9.97 Å². The molecule has 0 atom stereocenters. The van der Waals surface area contributed by atoms with Crippen molar-refractivity contribution in [2.75, 3.05) is 0 Å². The first-order valence-electron chi connectivity index (χ1n) is 12.4. The normalized spacial score (nSPS) is 16.6. The van der Waals surface area contributed by atoms with Crippen LogP contribution in [-0.2, 0) is 9.31 Å². The van der Waals surface area contributed by atoms with Gasteiger partial charge in [-0.15, -0.1) is 0 Å². The third-order valence-electron chi connectivity index (χ3n) is 7.53. The van der Waals surface area contributed by atoms with Crippen LogP contribution in [0.25, 0.3) is 44.3 Å². The van der Waals surface area contributed by atoms with Crippen molar-refractivity contribution < 1.29 is 9.31 Å². The monoisotopic (exact) mass is 472 g/mol. The zero-order valence-corrected chi connectivity index (χ0v) is 21.4. The van der Waals surface area contributed by atoms with Crippen LogP contribution in [0, 0.1) is 6.92 Å². The van der Waals surface area contributed by atoms with Gasteiger partial charge in [0.15, 0.2) is 5.82 Å². The summed E-state index contributed by atoms with van der Waals surface area (Å²) < 4.78 is 12.7. The Morgan fingerprint density at radius 2 is 1.36 bits per heavy atom.